The Hall–Kier alpha value is -0.180. The molecule has 0 heterocycles. The van der Waals surface area contributed by atoms with E-state index in [1.165, 1.54) is 0 Å². The molecule has 0 saturated heterocycles. The van der Waals surface area contributed by atoms with Crippen molar-refractivity contribution in [1.82, 2.24) is 5.32 Å². The molecule has 0 radical (unpaired) electrons. The van der Waals surface area contributed by atoms with E-state index in [0.29, 0.717) is 12.5 Å². The van der Waals surface area contributed by atoms with Gasteiger partial charge in [0.1, 0.15) is 0 Å². The Morgan fingerprint density at radius 3 is 2.38 bits per heavy atom. The lowest BCUT2D eigenvalue weighted by Gasteiger charge is -2.02. The lowest BCUT2D eigenvalue weighted by Crippen LogP contribution is -2.21. The number of rotatable bonds is 2. The lowest BCUT2D eigenvalue weighted by atomic mass is 10.2. The second kappa shape index (κ2) is 3.78. The molecule has 0 rings (SSSR count). The average Bonchev–Trinajstić information content (AvgIpc) is 1.61. The topological polar surface area (TPSA) is 29.1 Å². The summed E-state index contributed by atoms with van der Waals surface area (Å²) in [5.74, 6) is 0.506. The first-order chi connectivity index (χ1) is 3.63. The van der Waals surface area contributed by atoms with Crippen molar-refractivity contribution in [2.24, 2.45) is 5.92 Å². The molecule has 0 aromatic carbocycles. The van der Waals surface area contributed by atoms with E-state index in [-0.39, 0.29) is 5.24 Å². The first-order valence-corrected chi connectivity index (χ1v) is 3.04. The molecule has 1 amide bonds. The van der Waals surface area contributed by atoms with Crippen LogP contribution in [0, 0.1) is 5.92 Å². The molecule has 48 valence electrons. The summed E-state index contributed by atoms with van der Waals surface area (Å²) in [7, 11) is 0. The van der Waals surface area contributed by atoms with E-state index < -0.39 is 0 Å². The zero-order valence-electron chi connectivity index (χ0n) is 5.14. The minimum absolute atomic E-state index is 0.251. The van der Waals surface area contributed by atoms with Crippen molar-refractivity contribution in [1.29, 1.82) is 0 Å². The maximum Gasteiger partial charge on any atom is 0.275 e. The third-order valence-corrected chi connectivity index (χ3v) is 0.820. The number of thiol groups is 1. The standard InChI is InChI=1S/C5H11NOS/c1-4(2)3-6-5(7)8/h4H,3H2,1-2H3,(H2,6,7,8). The molecular formula is C5H11NOS. The molecular weight excluding hydrogens is 122 g/mol. The van der Waals surface area contributed by atoms with Gasteiger partial charge in [-0.3, -0.25) is 4.79 Å². The average molecular weight is 133 g/mol. The molecule has 2 nitrogen and oxygen atoms in total. The van der Waals surface area contributed by atoms with Crippen molar-refractivity contribution in [2.75, 3.05) is 6.54 Å². The Bertz CT molecular complexity index is 82.5. The second-order valence-electron chi connectivity index (χ2n) is 2.08. The lowest BCUT2D eigenvalue weighted by molar-refractivity contribution is 0.260. The molecule has 3 heteroatoms. The number of amides is 1. The van der Waals surface area contributed by atoms with Gasteiger partial charge in [0.25, 0.3) is 5.24 Å². The van der Waals surface area contributed by atoms with Crippen LogP contribution in [-0.2, 0) is 0 Å². The van der Waals surface area contributed by atoms with Crippen LogP contribution in [-0.4, -0.2) is 11.8 Å². The Balaban J connectivity index is 3.05. The van der Waals surface area contributed by atoms with E-state index in [2.05, 4.69) is 17.9 Å². The monoisotopic (exact) mass is 133 g/mol. The smallest absolute Gasteiger partial charge is 0.275 e. The van der Waals surface area contributed by atoms with Crippen molar-refractivity contribution < 1.29 is 4.79 Å². The first-order valence-electron chi connectivity index (χ1n) is 2.59. The molecule has 0 saturated carbocycles. The second-order valence-corrected chi connectivity index (χ2v) is 2.49. The number of nitrogens with one attached hydrogen (secondary N) is 1. The molecule has 0 aliphatic rings. The van der Waals surface area contributed by atoms with Gasteiger partial charge in [-0.05, 0) is 5.92 Å². The first kappa shape index (κ1) is 7.82. The maximum absolute atomic E-state index is 10.1. The summed E-state index contributed by atoms with van der Waals surface area (Å²) in [5.41, 5.74) is 0. The summed E-state index contributed by atoms with van der Waals surface area (Å²) in [5, 5.41) is 2.32. The van der Waals surface area contributed by atoms with E-state index in [1.54, 1.807) is 0 Å². The molecule has 0 aromatic rings. The highest BCUT2D eigenvalue weighted by Gasteiger charge is 1.93. The van der Waals surface area contributed by atoms with Gasteiger partial charge in [0.05, 0.1) is 0 Å². The van der Waals surface area contributed by atoms with Crippen LogP contribution in [0.5, 0.6) is 0 Å². The van der Waals surface area contributed by atoms with Crippen molar-refractivity contribution in [3.63, 3.8) is 0 Å². The number of carbonyl (C=O) groups is 1. The van der Waals surface area contributed by atoms with Crippen molar-refractivity contribution in [3.05, 3.63) is 0 Å². The maximum atomic E-state index is 10.1. The fourth-order valence-corrected chi connectivity index (χ4v) is 0.383. The Morgan fingerprint density at radius 2 is 2.25 bits per heavy atom. The van der Waals surface area contributed by atoms with Gasteiger partial charge >= 0.3 is 0 Å². The minimum Gasteiger partial charge on any atom is -0.347 e. The van der Waals surface area contributed by atoms with Crippen molar-refractivity contribution in [2.45, 2.75) is 13.8 Å². The zero-order valence-corrected chi connectivity index (χ0v) is 6.03. The van der Waals surface area contributed by atoms with Crippen LogP contribution in [0.15, 0.2) is 0 Å². The van der Waals surface area contributed by atoms with Crippen LogP contribution in [0.3, 0.4) is 0 Å². The summed E-state index contributed by atoms with van der Waals surface area (Å²) in [6.45, 7) is 4.77. The van der Waals surface area contributed by atoms with Gasteiger partial charge in [0, 0.05) is 6.54 Å². The normalized spacial score (nSPS) is 9.50. The van der Waals surface area contributed by atoms with Gasteiger partial charge in [-0.25, -0.2) is 0 Å². The minimum atomic E-state index is -0.251. The van der Waals surface area contributed by atoms with Crippen LogP contribution in [0.25, 0.3) is 0 Å². The van der Waals surface area contributed by atoms with E-state index in [1.807, 2.05) is 13.8 Å². The highest BCUT2D eigenvalue weighted by molar-refractivity contribution is 7.96. The summed E-state index contributed by atoms with van der Waals surface area (Å²) in [6.07, 6.45) is 0. The van der Waals surface area contributed by atoms with Gasteiger partial charge in [0.2, 0.25) is 0 Å². The summed E-state index contributed by atoms with van der Waals surface area (Å²) >= 11 is 3.52. The van der Waals surface area contributed by atoms with Gasteiger partial charge in [-0.1, -0.05) is 26.5 Å². The molecule has 0 aliphatic carbocycles. The molecule has 0 aliphatic heterocycles. The Kier molecular flexibility index (Phi) is 3.69. The summed E-state index contributed by atoms with van der Waals surface area (Å²) in [6, 6.07) is 0. The SMILES string of the molecule is CC(C)CNC(=O)S. The molecule has 0 aromatic heterocycles. The van der Waals surface area contributed by atoms with Gasteiger partial charge in [-0.2, -0.15) is 0 Å². The van der Waals surface area contributed by atoms with Crippen LogP contribution >= 0.6 is 12.6 Å². The molecule has 0 fully saturated rings. The number of hydrogen-bond acceptors (Lipinski definition) is 1. The van der Waals surface area contributed by atoms with Crippen LogP contribution < -0.4 is 5.32 Å². The zero-order chi connectivity index (χ0) is 6.57. The third kappa shape index (κ3) is 5.82. The van der Waals surface area contributed by atoms with E-state index in [4.69, 9.17) is 0 Å². The molecule has 0 spiro atoms. The van der Waals surface area contributed by atoms with Gasteiger partial charge in [0.15, 0.2) is 0 Å². The predicted octanol–water partition coefficient (Wildman–Crippen LogP) is 1.28. The molecule has 1 N–H and O–H groups in total. The van der Waals surface area contributed by atoms with Crippen molar-refractivity contribution in [3.8, 4) is 0 Å². The quantitative estimate of drug-likeness (QED) is 0.546. The predicted molar refractivity (Wildman–Crippen MR) is 37.2 cm³/mol. The largest absolute Gasteiger partial charge is 0.347 e. The summed E-state index contributed by atoms with van der Waals surface area (Å²) in [4.78, 5) is 10.1. The number of hydrogen-bond donors (Lipinski definition) is 2. The Morgan fingerprint density at radius 1 is 1.75 bits per heavy atom. The number of carbonyl (C=O) groups excluding carboxylic acids is 1. The molecule has 0 bridgehead atoms. The molecule has 8 heavy (non-hydrogen) atoms. The van der Waals surface area contributed by atoms with Gasteiger partial charge < -0.3 is 5.32 Å². The highest BCUT2D eigenvalue weighted by atomic mass is 32.1. The third-order valence-electron chi connectivity index (χ3n) is 0.662. The fraction of sp³-hybridized carbons (Fsp3) is 0.800. The van der Waals surface area contributed by atoms with Crippen molar-refractivity contribution >= 4 is 17.9 Å². The van der Waals surface area contributed by atoms with Crippen LogP contribution in [0.2, 0.25) is 0 Å². The van der Waals surface area contributed by atoms with Gasteiger partial charge in [-0.15, -0.1) is 0 Å². The highest BCUT2D eigenvalue weighted by Crippen LogP contribution is 1.87. The fourth-order valence-electron chi connectivity index (χ4n) is 0.291. The van der Waals surface area contributed by atoms with E-state index >= 15 is 0 Å². The molecule has 0 unspecified atom stereocenters. The van der Waals surface area contributed by atoms with E-state index in [0.717, 1.165) is 0 Å². The van der Waals surface area contributed by atoms with E-state index in [9.17, 15) is 4.79 Å². The molecule has 0 atom stereocenters. The van der Waals surface area contributed by atoms with Crippen LogP contribution in [0.4, 0.5) is 4.79 Å². The van der Waals surface area contributed by atoms with Crippen LogP contribution in [0.1, 0.15) is 13.8 Å². The Labute approximate surface area is 55.1 Å². The summed E-state index contributed by atoms with van der Waals surface area (Å²) < 4.78 is 0.